The second-order valence-corrected chi connectivity index (χ2v) is 9.47. The Morgan fingerprint density at radius 3 is 2.37 bits per heavy atom. The summed E-state index contributed by atoms with van der Waals surface area (Å²) in [6.07, 6.45) is 1.50. The Hall–Kier alpha value is -2.76. The topological polar surface area (TPSA) is 148 Å². The third-order valence-corrected chi connectivity index (χ3v) is 7.02. The first-order valence-electron chi connectivity index (χ1n) is 8.87. The molecule has 2 aromatic carbocycles. The van der Waals surface area contributed by atoms with E-state index in [4.69, 9.17) is 5.41 Å². The van der Waals surface area contributed by atoms with Crippen LogP contribution in [0, 0.1) is 5.41 Å². The number of benzene rings is 2. The van der Waals surface area contributed by atoms with Gasteiger partial charge in [-0.05, 0) is 49.2 Å². The molecule has 0 radical (unpaired) electrons. The average molecular weight is 496 g/mol. The van der Waals surface area contributed by atoms with Crippen molar-refractivity contribution in [1.82, 2.24) is 4.31 Å². The highest BCUT2D eigenvalue weighted by molar-refractivity contribution is 9.10. The summed E-state index contributed by atoms with van der Waals surface area (Å²) in [4.78, 5) is 23.8. The van der Waals surface area contributed by atoms with Gasteiger partial charge >= 0.3 is 5.97 Å². The second kappa shape index (κ2) is 8.54. The Morgan fingerprint density at radius 2 is 1.73 bits per heavy atom. The Morgan fingerprint density at radius 1 is 1.07 bits per heavy atom. The molecule has 1 fully saturated rings. The molecule has 158 valence electrons. The molecule has 0 aliphatic carbocycles. The Bertz CT molecular complexity index is 1140. The molecule has 2 aromatic rings. The largest absolute Gasteiger partial charge is 0.507 e. The van der Waals surface area contributed by atoms with E-state index in [0.29, 0.717) is 17.6 Å². The minimum atomic E-state index is -3.81. The van der Waals surface area contributed by atoms with Crippen LogP contribution in [0.2, 0.25) is 0 Å². The molecule has 1 amide bonds. The highest BCUT2D eigenvalue weighted by Crippen LogP contribution is 2.27. The maximum absolute atomic E-state index is 12.7. The molecular weight excluding hydrogens is 478 g/mol. The fraction of sp³-hybridized carbons (Fsp3) is 0.211. The Labute approximate surface area is 181 Å². The summed E-state index contributed by atoms with van der Waals surface area (Å²) < 4.78 is 27.3. The molecule has 0 saturated carbocycles. The van der Waals surface area contributed by atoms with Gasteiger partial charge in [0.25, 0.3) is 5.91 Å². The van der Waals surface area contributed by atoms with Crippen molar-refractivity contribution in [3.8, 4) is 5.75 Å². The van der Waals surface area contributed by atoms with Gasteiger partial charge in [0.05, 0.1) is 16.1 Å². The zero-order chi connectivity index (χ0) is 22.1. The quantitative estimate of drug-likeness (QED) is 0.452. The van der Waals surface area contributed by atoms with E-state index < -0.39 is 33.4 Å². The number of nitrogens with one attached hydrogen (secondary N) is 2. The Kier molecular flexibility index (Phi) is 6.25. The molecule has 1 saturated heterocycles. The molecule has 0 bridgehead atoms. The van der Waals surface area contributed by atoms with Crippen LogP contribution in [0.5, 0.6) is 5.75 Å². The zero-order valence-corrected chi connectivity index (χ0v) is 18.0. The number of carbonyl (C=O) groups excluding carboxylic acids is 1. The predicted molar refractivity (Wildman–Crippen MR) is 113 cm³/mol. The molecule has 1 heterocycles. The lowest BCUT2D eigenvalue weighted by Gasteiger charge is -2.17. The minimum absolute atomic E-state index is 0.0409. The first-order valence-corrected chi connectivity index (χ1v) is 11.1. The first-order chi connectivity index (χ1) is 14.1. The number of sulfonamides is 1. The van der Waals surface area contributed by atoms with E-state index in [0.717, 1.165) is 25.0 Å². The van der Waals surface area contributed by atoms with Crippen LogP contribution < -0.4 is 5.32 Å². The third kappa shape index (κ3) is 4.37. The van der Waals surface area contributed by atoms with Crippen molar-refractivity contribution in [2.75, 3.05) is 18.4 Å². The summed E-state index contributed by atoms with van der Waals surface area (Å²) in [6, 6.07) is 7.57. The predicted octanol–water partition coefficient (Wildman–Crippen LogP) is 2.64. The number of anilines is 1. The number of rotatable bonds is 6. The van der Waals surface area contributed by atoms with Crippen molar-refractivity contribution in [1.29, 1.82) is 5.41 Å². The van der Waals surface area contributed by atoms with Gasteiger partial charge in [0, 0.05) is 23.1 Å². The SMILES string of the molecule is N=C(C(=O)Nc1ccc(Br)cc1C(=O)O)c1cc(S(=O)(=O)N2CCCC2)ccc1O. The van der Waals surface area contributed by atoms with Gasteiger partial charge in [-0.25, -0.2) is 13.2 Å². The summed E-state index contributed by atoms with van der Waals surface area (Å²) in [6.45, 7) is 0.774. The van der Waals surface area contributed by atoms with E-state index in [1.807, 2.05) is 0 Å². The van der Waals surface area contributed by atoms with Gasteiger partial charge in [0.15, 0.2) is 0 Å². The number of carbonyl (C=O) groups is 2. The molecule has 1 aliphatic heterocycles. The van der Waals surface area contributed by atoms with Crippen molar-refractivity contribution in [2.24, 2.45) is 0 Å². The lowest BCUT2D eigenvalue weighted by atomic mass is 10.1. The lowest BCUT2D eigenvalue weighted by Crippen LogP contribution is -2.28. The fourth-order valence-electron chi connectivity index (χ4n) is 3.06. The number of phenolic OH excluding ortho intramolecular Hbond substituents is 1. The number of hydrogen-bond donors (Lipinski definition) is 4. The van der Waals surface area contributed by atoms with E-state index >= 15 is 0 Å². The number of aromatic hydroxyl groups is 1. The van der Waals surface area contributed by atoms with Crippen molar-refractivity contribution in [2.45, 2.75) is 17.7 Å². The summed E-state index contributed by atoms with van der Waals surface area (Å²) in [5.41, 5.74) is -1.21. The zero-order valence-electron chi connectivity index (χ0n) is 15.6. The van der Waals surface area contributed by atoms with Gasteiger partial charge in [-0.3, -0.25) is 10.2 Å². The summed E-state index contributed by atoms with van der Waals surface area (Å²) in [7, 11) is -3.81. The van der Waals surface area contributed by atoms with Crippen molar-refractivity contribution in [3.63, 3.8) is 0 Å². The van der Waals surface area contributed by atoms with Gasteiger partial charge in [-0.15, -0.1) is 0 Å². The number of aromatic carboxylic acids is 1. The number of hydrogen-bond acceptors (Lipinski definition) is 6. The van der Waals surface area contributed by atoms with Crippen LogP contribution in [0.25, 0.3) is 0 Å². The molecule has 1 aliphatic rings. The molecule has 3 rings (SSSR count). The lowest BCUT2D eigenvalue weighted by molar-refractivity contribution is -0.110. The van der Waals surface area contributed by atoms with Crippen LogP contribution in [0.4, 0.5) is 5.69 Å². The van der Waals surface area contributed by atoms with Gasteiger partial charge < -0.3 is 15.5 Å². The van der Waals surface area contributed by atoms with Crippen LogP contribution in [0.1, 0.15) is 28.8 Å². The monoisotopic (exact) mass is 495 g/mol. The smallest absolute Gasteiger partial charge is 0.337 e. The van der Waals surface area contributed by atoms with Crippen molar-refractivity contribution >= 4 is 49.2 Å². The highest BCUT2D eigenvalue weighted by Gasteiger charge is 2.29. The van der Waals surface area contributed by atoms with E-state index in [2.05, 4.69) is 21.2 Å². The summed E-state index contributed by atoms with van der Waals surface area (Å²) in [5, 5.41) is 29.8. The molecule has 11 heteroatoms. The number of halogens is 1. The average Bonchev–Trinajstić information content (AvgIpc) is 3.24. The molecule has 0 atom stereocenters. The maximum Gasteiger partial charge on any atom is 0.337 e. The van der Waals surface area contributed by atoms with Crippen LogP contribution >= 0.6 is 15.9 Å². The van der Waals surface area contributed by atoms with Gasteiger partial charge in [0.1, 0.15) is 11.5 Å². The summed E-state index contributed by atoms with van der Waals surface area (Å²) in [5.74, 6) is -2.71. The molecule has 9 nitrogen and oxygen atoms in total. The molecular formula is C19H18BrN3O6S. The Balaban J connectivity index is 1.90. The highest BCUT2D eigenvalue weighted by atomic mass is 79.9. The second-order valence-electron chi connectivity index (χ2n) is 6.61. The van der Waals surface area contributed by atoms with Crippen molar-refractivity contribution in [3.05, 3.63) is 52.0 Å². The number of nitrogens with zero attached hydrogens (tertiary/aromatic N) is 1. The van der Waals surface area contributed by atoms with Crippen LogP contribution in [0.15, 0.2) is 45.8 Å². The number of carboxylic acids is 1. The van der Waals surface area contributed by atoms with E-state index in [1.165, 1.54) is 28.6 Å². The summed E-state index contributed by atoms with van der Waals surface area (Å²) >= 11 is 3.15. The minimum Gasteiger partial charge on any atom is -0.507 e. The van der Waals surface area contributed by atoms with Crippen LogP contribution in [0.3, 0.4) is 0 Å². The van der Waals surface area contributed by atoms with Gasteiger partial charge in [-0.2, -0.15) is 4.31 Å². The molecule has 4 N–H and O–H groups in total. The first kappa shape index (κ1) is 21.9. The number of carboxylic acid groups (broad SMARTS) is 1. The normalized spacial score (nSPS) is 14.4. The third-order valence-electron chi connectivity index (χ3n) is 4.63. The molecule has 0 unspecified atom stereocenters. The molecule has 0 spiro atoms. The number of amides is 1. The van der Waals surface area contributed by atoms with Crippen LogP contribution in [-0.2, 0) is 14.8 Å². The number of phenols is 1. The van der Waals surface area contributed by atoms with Gasteiger partial charge in [0.2, 0.25) is 10.0 Å². The van der Waals surface area contributed by atoms with Crippen LogP contribution in [-0.4, -0.2) is 53.6 Å². The molecule has 0 aromatic heterocycles. The fourth-order valence-corrected chi connectivity index (χ4v) is 4.97. The van der Waals surface area contributed by atoms with E-state index in [9.17, 15) is 28.2 Å². The standard InChI is InChI=1S/C19H18BrN3O6S/c20-11-3-5-15(13(9-11)19(26)27)22-18(25)17(21)14-10-12(4-6-16(14)24)30(28,29)23-7-1-2-8-23/h3-6,9-10,21,24H,1-2,7-8H2,(H,22,25)(H,26,27). The van der Waals surface area contributed by atoms with Gasteiger partial charge in [-0.1, -0.05) is 15.9 Å². The molecule has 30 heavy (non-hydrogen) atoms. The van der Waals surface area contributed by atoms with E-state index in [-0.39, 0.29) is 21.7 Å². The van der Waals surface area contributed by atoms with Crippen molar-refractivity contribution < 1.29 is 28.2 Å². The maximum atomic E-state index is 12.7. The van der Waals surface area contributed by atoms with E-state index in [1.54, 1.807) is 0 Å².